The van der Waals surface area contributed by atoms with Crippen LogP contribution < -0.4 is 5.32 Å². The fourth-order valence-corrected chi connectivity index (χ4v) is 3.60. The Kier molecular flexibility index (Phi) is 4.85. The van der Waals surface area contributed by atoms with Gasteiger partial charge < -0.3 is 5.32 Å². The highest BCUT2D eigenvalue weighted by Gasteiger charge is 2.40. The highest BCUT2D eigenvalue weighted by molar-refractivity contribution is 4.97. The van der Waals surface area contributed by atoms with Crippen LogP contribution in [0.5, 0.6) is 0 Å². The lowest BCUT2D eigenvalue weighted by Crippen LogP contribution is -2.43. The van der Waals surface area contributed by atoms with Crippen molar-refractivity contribution in [3.05, 3.63) is 12.7 Å². The fraction of sp³-hybridized carbons (Fsp3) is 0.875. The molecule has 0 amide bonds. The Morgan fingerprint density at radius 2 is 2.06 bits per heavy atom. The highest BCUT2D eigenvalue weighted by Crippen LogP contribution is 2.32. The Hall–Kier alpha value is -0.340. The number of allylic oxidation sites excluding steroid dienone is 1. The van der Waals surface area contributed by atoms with Gasteiger partial charge in [0.2, 0.25) is 0 Å². The second kappa shape index (κ2) is 6.21. The van der Waals surface area contributed by atoms with Gasteiger partial charge in [-0.2, -0.15) is 0 Å². The van der Waals surface area contributed by atoms with Gasteiger partial charge in [0.15, 0.2) is 0 Å². The summed E-state index contributed by atoms with van der Waals surface area (Å²) in [5.41, 5.74) is 0. The lowest BCUT2D eigenvalue weighted by molar-refractivity contribution is 0.139. The summed E-state index contributed by atoms with van der Waals surface area (Å²) >= 11 is 0. The molecule has 0 aromatic carbocycles. The number of fused-ring (bicyclic) bond motifs is 1. The van der Waals surface area contributed by atoms with Crippen molar-refractivity contribution in [1.29, 1.82) is 0 Å². The minimum absolute atomic E-state index is 0.666. The van der Waals surface area contributed by atoms with Crippen LogP contribution in [0, 0.1) is 17.8 Å². The minimum atomic E-state index is 0.666. The zero-order valence-corrected chi connectivity index (χ0v) is 12.4. The normalized spacial score (nSPS) is 33.1. The van der Waals surface area contributed by atoms with Gasteiger partial charge in [-0.1, -0.05) is 19.9 Å². The predicted molar refractivity (Wildman–Crippen MR) is 78.7 cm³/mol. The molecule has 5 unspecified atom stereocenters. The van der Waals surface area contributed by atoms with Crippen molar-refractivity contribution in [1.82, 2.24) is 10.2 Å². The quantitative estimate of drug-likeness (QED) is 0.729. The lowest BCUT2D eigenvalue weighted by atomic mass is 9.92. The van der Waals surface area contributed by atoms with E-state index in [-0.39, 0.29) is 0 Å². The summed E-state index contributed by atoms with van der Waals surface area (Å²) in [6, 6.07) is 1.55. The average molecular weight is 250 g/mol. The van der Waals surface area contributed by atoms with Gasteiger partial charge in [-0.25, -0.2) is 0 Å². The van der Waals surface area contributed by atoms with Gasteiger partial charge >= 0.3 is 0 Å². The van der Waals surface area contributed by atoms with Crippen LogP contribution in [0.3, 0.4) is 0 Å². The van der Waals surface area contributed by atoms with Crippen LogP contribution >= 0.6 is 0 Å². The molecule has 5 atom stereocenters. The van der Waals surface area contributed by atoms with Gasteiger partial charge in [-0.05, 0) is 57.0 Å². The molecule has 0 aliphatic carbocycles. The van der Waals surface area contributed by atoms with E-state index in [1.54, 1.807) is 0 Å². The van der Waals surface area contributed by atoms with E-state index in [4.69, 9.17) is 0 Å². The summed E-state index contributed by atoms with van der Waals surface area (Å²) < 4.78 is 0. The Morgan fingerprint density at radius 3 is 2.78 bits per heavy atom. The molecule has 2 aliphatic heterocycles. The predicted octanol–water partition coefficient (Wildman–Crippen LogP) is 2.91. The van der Waals surface area contributed by atoms with Crippen molar-refractivity contribution in [2.75, 3.05) is 19.6 Å². The van der Waals surface area contributed by atoms with Crippen LogP contribution in [0.2, 0.25) is 0 Å². The molecule has 2 aliphatic rings. The summed E-state index contributed by atoms with van der Waals surface area (Å²) in [5, 5.41) is 3.55. The van der Waals surface area contributed by atoms with Crippen LogP contribution in [0.4, 0.5) is 0 Å². The number of nitrogens with zero attached hydrogens (tertiary/aromatic N) is 1. The Labute approximate surface area is 113 Å². The van der Waals surface area contributed by atoms with Gasteiger partial charge in [-0.15, -0.1) is 6.58 Å². The van der Waals surface area contributed by atoms with Crippen molar-refractivity contribution >= 4 is 0 Å². The molecule has 0 saturated carbocycles. The molecule has 2 nitrogen and oxygen atoms in total. The number of nitrogens with one attached hydrogen (secondary N) is 1. The van der Waals surface area contributed by atoms with E-state index in [1.165, 1.54) is 38.9 Å². The largest absolute Gasteiger partial charge is 0.315 e. The van der Waals surface area contributed by atoms with Crippen LogP contribution in [-0.2, 0) is 0 Å². The SMILES string of the molecule is C=CC(C)CCC(C)C(C)N1CCC2CNCC21. The average Bonchev–Trinajstić information content (AvgIpc) is 2.96. The summed E-state index contributed by atoms with van der Waals surface area (Å²) in [5.74, 6) is 2.39. The molecule has 0 radical (unpaired) electrons. The van der Waals surface area contributed by atoms with E-state index in [1.807, 2.05) is 0 Å². The fourth-order valence-electron chi connectivity index (χ4n) is 3.60. The number of likely N-dealkylation sites (tertiary alicyclic amines) is 1. The first-order valence-corrected chi connectivity index (χ1v) is 7.72. The minimum Gasteiger partial charge on any atom is -0.315 e. The molecule has 0 spiro atoms. The zero-order chi connectivity index (χ0) is 13.1. The standard InChI is InChI=1S/C16H30N2/c1-5-12(2)6-7-13(3)14(4)18-9-8-15-10-17-11-16(15)18/h5,12-17H,1,6-11H2,2-4H3. The van der Waals surface area contributed by atoms with Gasteiger partial charge in [-0.3, -0.25) is 4.90 Å². The molecule has 1 N–H and O–H groups in total. The smallest absolute Gasteiger partial charge is 0.0264 e. The molecule has 0 aromatic rings. The third kappa shape index (κ3) is 2.97. The van der Waals surface area contributed by atoms with Crippen LogP contribution in [0.1, 0.15) is 40.0 Å². The maximum absolute atomic E-state index is 3.89. The topological polar surface area (TPSA) is 15.3 Å². The second-order valence-electron chi connectivity index (χ2n) is 6.52. The third-order valence-electron chi connectivity index (χ3n) is 5.31. The molecule has 2 saturated heterocycles. The Bertz CT molecular complexity index is 276. The maximum Gasteiger partial charge on any atom is 0.0264 e. The van der Waals surface area contributed by atoms with E-state index < -0.39 is 0 Å². The van der Waals surface area contributed by atoms with Crippen LogP contribution in [-0.4, -0.2) is 36.6 Å². The van der Waals surface area contributed by atoms with Gasteiger partial charge in [0.05, 0.1) is 0 Å². The van der Waals surface area contributed by atoms with E-state index in [0.717, 1.165) is 23.9 Å². The van der Waals surface area contributed by atoms with Crippen molar-refractivity contribution in [2.45, 2.75) is 52.1 Å². The molecule has 2 heteroatoms. The summed E-state index contributed by atoms with van der Waals surface area (Å²) in [6.45, 7) is 14.8. The first-order valence-electron chi connectivity index (χ1n) is 7.72. The van der Waals surface area contributed by atoms with E-state index in [0.29, 0.717) is 5.92 Å². The van der Waals surface area contributed by atoms with Gasteiger partial charge in [0.1, 0.15) is 0 Å². The van der Waals surface area contributed by atoms with Crippen molar-refractivity contribution in [2.24, 2.45) is 17.8 Å². The monoisotopic (exact) mass is 250 g/mol. The zero-order valence-electron chi connectivity index (χ0n) is 12.4. The van der Waals surface area contributed by atoms with E-state index in [2.05, 4.69) is 43.6 Å². The van der Waals surface area contributed by atoms with E-state index >= 15 is 0 Å². The summed E-state index contributed by atoms with van der Waals surface area (Å²) in [6.07, 6.45) is 6.10. The molecule has 0 aromatic heterocycles. The lowest BCUT2D eigenvalue weighted by Gasteiger charge is -2.34. The first kappa shape index (κ1) is 14.1. The van der Waals surface area contributed by atoms with Crippen molar-refractivity contribution in [3.63, 3.8) is 0 Å². The van der Waals surface area contributed by atoms with Gasteiger partial charge in [0.25, 0.3) is 0 Å². The maximum atomic E-state index is 3.89. The molecular formula is C16H30N2. The molecule has 18 heavy (non-hydrogen) atoms. The number of rotatable bonds is 6. The molecular weight excluding hydrogens is 220 g/mol. The molecule has 104 valence electrons. The molecule has 2 rings (SSSR count). The van der Waals surface area contributed by atoms with Gasteiger partial charge in [0, 0.05) is 18.6 Å². The third-order valence-corrected chi connectivity index (χ3v) is 5.31. The number of hydrogen-bond acceptors (Lipinski definition) is 2. The molecule has 2 fully saturated rings. The van der Waals surface area contributed by atoms with E-state index in [9.17, 15) is 0 Å². The first-order chi connectivity index (χ1) is 8.63. The van der Waals surface area contributed by atoms with Crippen LogP contribution in [0.25, 0.3) is 0 Å². The Balaban J connectivity index is 1.82. The van der Waals surface area contributed by atoms with Crippen molar-refractivity contribution < 1.29 is 0 Å². The highest BCUT2D eigenvalue weighted by atomic mass is 15.2. The number of hydrogen-bond donors (Lipinski definition) is 1. The Morgan fingerprint density at radius 1 is 1.28 bits per heavy atom. The van der Waals surface area contributed by atoms with Crippen LogP contribution in [0.15, 0.2) is 12.7 Å². The summed E-state index contributed by atoms with van der Waals surface area (Å²) in [7, 11) is 0. The molecule has 0 bridgehead atoms. The summed E-state index contributed by atoms with van der Waals surface area (Å²) in [4.78, 5) is 2.77. The second-order valence-corrected chi connectivity index (χ2v) is 6.52. The molecule has 2 heterocycles. The van der Waals surface area contributed by atoms with Crippen molar-refractivity contribution in [3.8, 4) is 0 Å².